The molecule has 17 heavy (non-hydrogen) atoms. The highest BCUT2D eigenvalue weighted by Crippen LogP contribution is 2.15. The van der Waals surface area contributed by atoms with Gasteiger partial charge in [0.2, 0.25) is 0 Å². The lowest BCUT2D eigenvalue weighted by molar-refractivity contribution is 0.169. The third-order valence-electron chi connectivity index (χ3n) is 1.90. The zero-order valence-corrected chi connectivity index (χ0v) is 9.97. The van der Waals surface area contributed by atoms with Crippen LogP contribution in [0.25, 0.3) is 0 Å². The van der Waals surface area contributed by atoms with Crippen molar-refractivity contribution in [3.63, 3.8) is 0 Å². The summed E-state index contributed by atoms with van der Waals surface area (Å²) in [6.45, 7) is 1.44. The summed E-state index contributed by atoms with van der Waals surface area (Å²) in [7, 11) is -2.85. The van der Waals surface area contributed by atoms with E-state index in [2.05, 4.69) is 4.74 Å². The zero-order chi connectivity index (χ0) is 13.1. The van der Waals surface area contributed by atoms with Crippen molar-refractivity contribution >= 4 is 16.1 Å². The summed E-state index contributed by atoms with van der Waals surface area (Å²) in [6.07, 6.45) is -0.951. The van der Waals surface area contributed by atoms with Crippen molar-refractivity contribution in [1.82, 2.24) is 10.3 Å². The van der Waals surface area contributed by atoms with E-state index in [4.69, 9.17) is 0 Å². The standard InChI is InChI=1S/C9H11FN2O4S/c1-6-5-7(10)3-4-8(6)17(14,15)12-11-9(13)16-2/h3-5,12H,1-2H3,(H,11,13). The van der Waals surface area contributed by atoms with E-state index >= 15 is 0 Å². The Morgan fingerprint density at radius 2 is 2.06 bits per heavy atom. The van der Waals surface area contributed by atoms with Gasteiger partial charge in [-0.25, -0.2) is 23.0 Å². The van der Waals surface area contributed by atoms with Crippen LogP contribution in [-0.4, -0.2) is 21.6 Å². The first kappa shape index (κ1) is 13.4. The van der Waals surface area contributed by atoms with Crippen LogP contribution < -0.4 is 10.3 Å². The maximum atomic E-state index is 12.8. The Labute approximate surface area is 97.8 Å². The predicted molar refractivity (Wildman–Crippen MR) is 57.0 cm³/mol. The maximum absolute atomic E-state index is 12.8. The van der Waals surface area contributed by atoms with E-state index in [9.17, 15) is 17.6 Å². The zero-order valence-electron chi connectivity index (χ0n) is 9.15. The number of hydrogen-bond acceptors (Lipinski definition) is 4. The van der Waals surface area contributed by atoms with E-state index < -0.39 is 21.9 Å². The highest BCUT2D eigenvalue weighted by molar-refractivity contribution is 7.89. The third kappa shape index (κ3) is 3.40. The Balaban J connectivity index is 2.94. The highest BCUT2D eigenvalue weighted by Gasteiger charge is 2.17. The second kappa shape index (κ2) is 5.11. The molecule has 0 aliphatic rings. The molecule has 0 fully saturated rings. The van der Waals surface area contributed by atoms with Crippen LogP contribution in [0.4, 0.5) is 9.18 Å². The van der Waals surface area contributed by atoms with Gasteiger partial charge in [-0.05, 0) is 30.7 Å². The Bertz CT molecular complexity index is 530. The van der Waals surface area contributed by atoms with Crippen molar-refractivity contribution in [2.24, 2.45) is 0 Å². The second-order valence-electron chi connectivity index (χ2n) is 3.13. The van der Waals surface area contributed by atoms with Crippen LogP contribution >= 0.6 is 0 Å². The van der Waals surface area contributed by atoms with Crippen LogP contribution in [-0.2, 0) is 14.8 Å². The van der Waals surface area contributed by atoms with Crippen LogP contribution in [0.2, 0.25) is 0 Å². The molecule has 1 amide bonds. The van der Waals surface area contributed by atoms with Crippen molar-refractivity contribution in [2.45, 2.75) is 11.8 Å². The molecule has 0 saturated carbocycles. The lowest BCUT2D eigenvalue weighted by Gasteiger charge is -2.09. The normalized spacial score (nSPS) is 11.0. The van der Waals surface area contributed by atoms with Gasteiger partial charge in [0.15, 0.2) is 0 Å². The van der Waals surface area contributed by atoms with Crippen molar-refractivity contribution < 1.29 is 22.3 Å². The molecule has 1 rings (SSSR count). The summed E-state index contributed by atoms with van der Waals surface area (Å²) in [5.41, 5.74) is 2.05. The van der Waals surface area contributed by atoms with Crippen molar-refractivity contribution in [1.29, 1.82) is 0 Å². The molecule has 0 unspecified atom stereocenters. The number of carbonyl (C=O) groups excluding carboxylic acids is 1. The monoisotopic (exact) mass is 262 g/mol. The first-order chi connectivity index (χ1) is 7.86. The summed E-state index contributed by atoms with van der Waals surface area (Å²) in [4.78, 5) is 12.4. The summed E-state index contributed by atoms with van der Waals surface area (Å²) < 4.78 is 40.4. The molecule has 0 aliphatic carbocycles. The number of hydrazine groups is 1. The van der Waals surface area contributed by atoms with E-state index in [1.807, 2.05) is 10.3 Å². The van der Waals surface area contributed by atoms with Crippen molar-refractivity contribution in [3.8, 4) is 0 Å². The van der Waals surface area contributed by atoms with Crippen molar-refractivity contribution in [3.05, 3.63) is 29.6 Å². The van der Waals surface area contributed by atoms with Crippen LogP contribution in [0, 0.1) is 12.7 Å². The third-order valence-corrected chi connectivity index (χ3v) is 3.31. The number of nitrogens with one attached hydrogen (secondary N) is 2. The van der Waals surface area contributed by atoms with Gasteiger partial charge in [0.25, 0.3) is 10.0 Å². The fourth-order valence-corrected chi connectivity index (χ4v) is 2.19. The van der Waals surface area contributed by atoms with Crippen LogP contribution in [0.15, 0.2) is 23.1 Å². The summed E-state index contributed by atoms with van der Waals surface area (Å²) in [5.74, 6) is -0.539. The fraction of sp³-hybridized carbons (Fsp3) is 0.222. The number of carbonyl (C=O) groups is 1. The first-order valence-electron chi connectivity index (χ1n) is 4.49. The fourth-order valence-electron chi connectivity index (χ4n) is 1.13. The molecule has 0 aromatic heterocycles. The Kier molecular flexibility index (Phi) is 4.02. The molecular weight excluding hydrogens is 251 g/mol. The molecule has 0 radical (unpaired) electrons. The number of amides is 1. The van der Waals surface area contributed by atoms with Gasteiger partial charge >= 0.3 is 6.09 Å². The van der Waals surface area contributed by atoms with Crippen molar-refractivity contribution in [2.75, 3.05) is 7.11 Å². The number of ether oxygens (including phenoxy) is 1. The summed E-state index contributed by atoms with van der Waals surface area (Å²) in [5, 5.41) is 0. The molecule has 2 N–H and O–H groups in total. The second-order valence-corrected chi connectivity index (χ2v) is 4.78. The average Bonchev–Trinajstić information content (AvgIpc) is 2.25. The van der Waals surface area contributed by atoms with Crippen LogP contribution in [0.3, 0.4) is 0 Å². The number of methoxy groups -OCH3 is 1. The average molecular weight is 262 g/mol. The Morgan fingerprint density at radius 3 is 2.59 bits per heavy atom. The van der Waals surface area contributed by atoms with E-state index in [1.165, 1.54) is 6.92 Å². The van der Waals surface area contributed by atoms with Gasteiger partial charge in [-0.3, -0.25) is 0 Å². The number of halogens is 1. The molecular formula is C9H11FN2O4S. The molecule has 1 aromatic carbocycles. The van der Waals surface area contributed by atoms with E-state index in [1.54, 1.807) is 0 Å². The molecule has 0 aliphatic heterocycles. The van der Waals surface area contributed by atoms with Crippen LogP contribution in [0.1, 0.15) is 5.56 Å². The maximum Gasteiger partial charge on any atom is 0.422 e. The number of hydrogen-bond donors (Lipinski definition) is 2. The van der Waals surface area contributed by atoms with Gasteiger partial charge in [-0.1, -0.05) is 0 Å². The Hall–Kier alpha value is -1.67. The molecule has 0 atom stereocenters. The molecule has 0 saturated heterocycles. The quantitative estimate of drug-likeness (QED) is 0.785. The topological polar surface area (TPSA) is 84.5 Å². The lowest BCUT2D eigenvalue weighted by atomic mass is 10.2. The molecule has 0 spiro atoms. The summed E-state index contributed by atoms with van der Waals surface area (Å²) in [6, 6.07) is 3.19. The van der Waals surface area contributed by atoms with Gasteiger partial charge < -0.3 is 4.74 Å². The van der Waals surface area contributed by atoms with E-state index in [0.717, 1.165) is 25.3 Å². The molecule has 8 heteroatoms. The van der Waals surface area contributed by atoms with Gasteiger partial charge in [-0.15, -0.1) is 4.83 Å². The number of aryl methyl sites for hydroxylation is 1. The first-order valence-corrected chi connectivity index (χ1v) is 5.97. The minimum Gasteiger partial charge on any atom is -0.452 e. The Morgan fingerprint density at radius 1 is 1.41 bits per heavy atom. The number of rotatable bonds is 3. The minimum absolute atomic E-state index is 0.129. The molecule has 1 aromatic rings. The van der Waals surface area contributed by atoms with Gasteiger partial charge in [0.05, 0.1) is 12.0 Å². The smallest absolute Gasteiger partial charge is 0.422 e. The molecule has 0 bridgehead atoms. The number of benzene rings is 1. The highest BCUT2D eigenvalue weighted by atomic mass is 32.2. The number of sulfonamides is 1. The van der Waals surface area contributed by atoms with Gasteiger partial charge in [-0.2, -0.15) is 0 Å². The summed E-state index contributed by atoms with van der Waals surface area (Å²) >= 11 is 0. The minimum atomic E-state index is -3.94. The molecule has 94 valence electrons. The van der Waals surface area contributed by atoms with E-state index in [-0.39, 0.29) is 10.5 Å². The van der Waals surface area contributed by atoms with Crippen LogP contribution in [0.5, 0.6) is 0 Å². The molecule has 0 heterocycles. The predicted octanol–water partition coefficient (Wildman–Crippen LogP) is 0.683. The van der Waals surface area contributed by atoms with E-state index in [0.29, 0.717) is 0 Å². The lowest BCUT2D eigenvalue weighted by Crippen LogP contribution is -2.41. The van der Waals surface area contributed by atoms with Gasteiger partial charge in [0, 0.05) is 0 Å². The van der Waals surface area contributed by atoms with Gasteiger partial charge in [0.1, 0.15) is 5.82 Å². The SMILES string of the molecule is COC(=O)NNS(=O)(=O)c1ccc(F)cc1C. The molecule has 6 nitrogen and oxygen atoms in total. The largest absolute Gasteiger partial charge is 0.452 e.